The molecule has 4 rings (SSSR count). The van der Waals surface area contributed by atoms with Crippen LogP contribution in [-0.2, 0) is 4.79 Å². The minimum atomic E-state index is 0.130. The Morgan fingerprint density at radius 3 is 2.52 bits per heavy atom. The van der Waals surface area contributed by atoms with E-state index in [1.807, 2.05) is 18.2 Å². The second-order valence-corrected chi connectivity index (χ2v) is 8.47. The fraction of sp³-hybridized carbons (Fsp3) is 0.619. The van der Waals surface area contributed by atoms with Gasteiger partial charge in [0, 0.05) is 30.1 Å². The fourth-order valence-corrected chi connectivity index (χ4v) is 4.56. The number of hydrogen-bond acceptors (Lipinski definition) is 3. The molecule has 2 heterocycles. The summed E-state index contributed by atoms with van der Waals surface area (Å²) in [6.07, 6.45) is 10.5. The molecule has 5 nitrogen and oxygen atoms in total. The molecule has 1 aliphatic carbocycles. The third-order valence-corrected chi connectivity index (χ3v) is 6.28. The Morgan fingerprint density at radius 1 is 1.07 bits per heavy atom. The monoisotopic (exact) mass is 388 g/mol. The zero-order chi connectivity index (χ0) is 18.6. The summed E-state index contributed by atoms with van der Waals surface area (Å²) in [5.41, 5.74) is 1.89. The van der Waals surface area contributed by atoms with Crippen LogP contribution in [0.2, 0.25) is 5.02 Å². The molecule has 2 fully saturated rings. The van der Waals surface area contributed by atoms with Crippen molar-refractivity contribution in [1.82, 2.24) is 15.3 Å². The van der Waals surface area contributed by atoms with E-state index in [0.29, 0.717) is 11.1 Å². The molecule has 2 aliphatic rings. The average molecular weight is 389 g/mol. The topological polar surface area (TPSA) is 61.0 Å². The summed E-state index contributed by atoms with van der Waals surface area (Å²) < 4.78 is 0. The molecule has 0 radical (unpaired) electrons. The van der Waals surface area contributed by atoms with Crippen molar-refractivity contribution in [2.45, 2.75) is 63.8 Å². The van der Waals surface area contributed by atoms with E-state index in [9.17, 15) is 4.79 Å². The van der Waals surface area contributed by atoms with Crippen LogP contribution in [0, 0.1) is 5.92 Å². The number of aromatic amines is 1. The summed E-state index contributed by atoms with van der Waals surface area (Å²) in [5, 5.41) is 4.05. The third-order valence-electron chi connectivity index (χ3n) is 6.05. The molecule has 1 aromatic carbocycles. The van der Waals surface area contributed by atoms with Gasteiger partial charge in [-0.3, -0.25) is 4.79 Å². The number of piperidine rings is 1. The molecule has 0 unspecified atom stereocenters. The summed E-state index contributed by atoms with van der Waals surface area (Å²) >= 11 is 6.06. The highest BCUT2D eigenvalue weighted by Gasteiger charge is 2.27. The number of nitrogens with zero attached hydrogens (tertiary/aromatic N) is 2. The number of imidazole rings is 1. The van der Waals surface area contributed by atoms with Gasteiger partial charge in [0.25, 0.3) is 0 Å². The molecule has 1 amide bonds. The van der Waals surface area contributed by atoms with Crippen LogP contribution in [0.4, 0.5) is 5.95 Å². The molecule has 146 valence electrons. The first-order valence-corrected chi connectivity index (χ1v) is 10.8. The number of hydrogen-bond donors (Lipinski definition) is 2. The van der Waals surface area contributed by atoms with E-state index in [1.165, 1.54) is 32.1 Å². The number of rotatable bonds is 3. The maximum atomic E-state index is 12.7. The van der Waals surface area contributed by atoms with E-state index < -0.39 is 0 Å². The van der Waals surface area contributed by atoms with Gasteiger partial charge in [-0.1, -0.05) is 43.7 Å². The van der Waals surface area contributed by atoms with E-state index in [1.54, 1.807) is 0 Å². The van der Waals surface area contributed by atoms with Gasteiger partial charge in [-0.15, -0.1) is 0 Å². The molecule has 27 heavy (non-hydrogen) atoms. The zero-order valence-corrected chi connectivity index (χ0v) is 16.6. The van der Waals surface area contributed by atoms with Crippen LogP contribution in [-0.4, -0.2) is 35.0 Å². The minimum absolute atomic E-state index is 0.130. The first-order valence-electron chi connectivity index (χ1n) is 10.4. The highest BCUT2D eigenvalue weighted by atomic mass is 35.5. The number of nitrogens with one attached hydrogen (secondary N) is 2. The van der Waals surface area contributed by atoms with Gasteiger partial charge in [-0.05, 0) is 43.9 Å². The molecule has 1 saturated carbocycles. The molecule has 1 aliphatic heterocycles. The third kappa shape index (κ3) is 4.57. The summed E-state index contributed by atoms with van der Waals surface area (Å²) in [5.74, 6) is 1.27. The number of anilines is 1. The van der Waals surface area contributed by atoms with Crippen molar-refractivity contribution >= 4 is 34.5 Å². The first-order chi connectivity index (χ1) is 13.2. The number of carbonyl (C=O) groups is 1. The van der Waals surface area contributed by atoms with Crippen LogP contribution in [0.15, 0.2) is 18.2 Å². The number of H-pyrrole nitrogens is 1. The van der Waals surface area contributed by atoms with E-state index in [-0.39, 0.29) is 11.8 Å². The van der Waals surface area contributed by atoms with Gasteiger partial charge in [0.15, 0.2) is 0 Å². The molecule has 2 N–H and O–H groups in total. The first kappa shape index (κ1) is 18.6. The lowest BCUT2D eigenvalue weighted by Gasteiger charge is -2.32. The van der Waals surface area contributed by atoms with Crippen molar-refractivity contribution < 1.29 is 4.79 Å². The molecule has 2 aromatic rings. The van der Waals surface area contributed by atoms with Crippen LogP contribution in [0.5, 0.6) is 0 Å². The normalized spacial score (nSPS) is 20.4. The highest BCUT2D eigenvalue weighted by molar-refractivity contribution is 6.31. The van der Waals surface area contributed by atoms with Gasteiger partial charge in [-0.25, -0.2) is 4.98 Å². The molecule has 6 heteroatoms. The molecule has 1 saturated heterocycles. The minimum Gasteiger partial charge on any atom is -0.353 e. The molecule has 1 aromatic heterocycles. The maximum Gasteiger partial charge on any atom is 0.223 e. The Bertz CT molecular complexity index is 774. The lowest BCUT2D eigenvalue weighted by atomic mass is 9.93. The van der Waals surface area contributed by atoms with E-state index >= 15 is 0 Å². The van der Waals surface area contributed by atoms with Gasteiger partial charge >= 0.3 is 0 Å². The molecule has 0 atom stereocenters. The number of carbonyl (C=O) groups excluding carboxylic acids is 1. The largest absolute Gasteiger partial charge is 0.353 e. The van der Waals surface area contributed by atoms with Crippen molar-refractivity contribution in [3.05, 3.63) is 23.2 Å². The SMILES string of the molecule is O=C(NC1CCCCCCC1)C1CCN(c2nc3ccc(Cl)cc3[nH]2)CC1. The van der Waals surface area contributed by atoms with E-state index in [0.717, 1.165) is 55.8 Å². The number of aromatic nitrogens is 2. The van der Waals surface area contributed by atoms with Gasteiger partial charge < -0.3 is 15.2 Å². The second kappa shape index (κ2) is 8.51. The number of fused-ring (bicyclic) bond motifs is 1. The fourth-order valence-electron chi connectivity index (χ4n) is 4.39. The Hall–Kier alpha value is -1.75. The van der Waals surface area contributed by atoms with Crippen molar-refractivity contribution in [2.24, 2.45) is 5.92 Å². The number of halogens is 1. The Balaban J connectivity index is 1.31. The number of benzene rings is 1. The second-order valence-electron chi connectivity index (χ2n) is 8.03. The number of amides is 1. The zero-order valence-electron chi connectivity index (χ0n) is 15.8. The van der Waals surface area contributed by atoms with Gasteiger partial charge in [-0.2, -0.15) is 0 Å². The van der Waals surface area contributed by atoms with E-state index in [4.69, 9.17) is 11.6 Å². The Morgan fingerprint density at radius 2 is 1.78 bits per heavy atom. The van der Waals surface area contributed by atoms with Crippen LogP contribution >= 0.6 is 11.6 Å². The van der Waals surface area contributed by atoms with Gasteiger partial charge in [0.2, 0.25) is 11.9 Å². The summed E-state index contributed by atoms with van der Waals surface area (Å²) in [7, 11) is 0. The molecular weight excluding hydrogens is 360 g/mol. The van der Waals surface area contributed by atoms with Crippen LogP contribution < -0.4 is 10.2 Å². The Kier molecular flexibility index (Phi) is 5.86. The predicted molar refractivity (Wildman–Crippen MR) is 110 cm³/mol. The molecule has 0 bridgehead atoms. The molecular formula is C21H29ClN4O. The van der Waals surface area contributed by atoms with Crippen LogP contribution in [0.1, 0.15) is 57.8 Å². The molecule has 0 spiro atoms. The van der Waals surface area contributed by atoms with Gasteiger partial charge in [0.1, 0.15) is 0 Å². The van der Waals surface area contributed by atoms with Crippen molar-refractivity contribution in [3.8, 4) is 0 Å². The average Bonchev–Trinajstić information content (AvgIpc) is 3.07. The summed E-state index contributed by atoms with van der Waals surface area (Å²) in [4.78, 5) is 23.0. The smallest absolute Gasteiger partial charge is 0.223 e. The lowest BCUT2D eigenvalue weighted by molar-refractivity contribution is -0.126. The van der Waals surface area contributed by atoms with Crippen molar-refractivity contribution in [3.63, 3.8) is 0 Å². The van der Waals surface area contributed by atoms with Crippen LogP contribution in [0.3, 0.4) is 0 Å². The summed E-state index contributed by atoms with van der Waals surface area (Å²) in [6.45, 7) is 1.71. The highest BCUT2D eigenvalue weighted by Crippen LogP contribution is 2.26. The Labute approximate surface area is 165 Å². The van der Waals surface area contributed by atoms with Crippen LogP contribution in [0.25, 0.3) is 11.0 Å². The lowest BCUT2D eigenvalue weighted by Crippen LogP contribution is -2.44. The predicted octanol–water partition coefficient (Wildman–Crippen LogP) is 4.66. The van der Waals surface area contributed by atoms with E-state index in [2.05, 4.69) is 20.2 Å². The van der Waals surface area contributed by atoms with Crippen molar-refractivity contribution in [1.29, 1.82) is 0 Å². The van der Waals surface area contributed by atoms with Crippen molar-refractivity contribution in [2.75, 3.05) is 18.0 Å². The standard InChI is InChI=1S/C21H29ClN4O/c22-16-8-9-18-19(14-16)25-21(24-18)26-12-10-15(11-13-26)20(27)23-17-6-4-2-1-3-5-7-17/h8-9,14-15,17H,1-7,10-13H2,(H,23,27)(H,24,25). The van der Waals surface area contributed by atoms with Gasteiger partial charge in [0.05, 0.1) is 11.0 Å². The summed E-state index contributed by atoms with van der Waals surface area (Å²) in [6, 6.07) is 6.09. The quantitative estimate of drug-likeness (QED) is 0.803. The maximum absolute atomic E-state index is 12.7.